The second-order valence-corrected chi connectivity index (χ2v) is 5.94. The molecule has 0 spiro atoms. The number of carbonyl (C=O) groups excluding carboxylic acids is 2. The van der Waals surface area contributed by atoms with E-state index in [-0.39, 0.29) is 11.8 Å². The van der Waals surface area contributed by atoms with E-state index in [1.807, 2.05) is 37.3 Å². The van der Waals surface area contributed by atoms with E-state index in [1.54, 1.807) is 36.5 Å². The molecule has 5 nitrogen and oxygen atoms in total. The molecule has 1 aromatic heterocycles. The lowest BCUT2D eigenvalue weighted by Gasteiger charge is -2.09. The summed E-state index contributed by atoms with van der Waals surface area (Å²) in [7, 11) is 0. The summed E-state index contributed by atoms with van der Waals surface area (Å²) in [5, 5.41) is 5.72. The maximum Gasteiger partial charge on any atom is 0.257 e. The first-order valence-corrected chi connectivity index (χ1v) is 8.27. The number of pyridine rings is 1. The molecule has 0 atom stereocenters. The Morgan fingerprint density at radius 3 is 2.46 bits per heavy atom. The number of hydrogen-bond donors (Lipinski definition) is 2. The Morgan fingerprint density at radius 2 is 1.73 bits per heavy atom. The Morgan fingerprint density at radius 1 is 0.923 bits per heavy atom. The van der Waals surface area contributed by atoms with Gasteiger partial charge in [0.1, 0.15) is 0 Å². The third kappa shape index (κ3) is 4.54. The molecule has 0 saturated carbocycles. The van der Waals surface area contributed by atoms with Crippen LogP contribution in [0.3, 0.4) is 0 Å². The number of nitrogens with one attached hydrogen (secondary N) is 2. The summed E-state index contributed by atoms with van der Waals surface area (Å²) in [5.74, 6) is -0.353. The van der Waals surface area contributed by atoms with Gasteiger partial charge in [-0.2, -0.15) is 0 Å². The molecule has 130 valence electrons. The third-order valence-corrected chi connectivity index (χ3v) is 3.88. The summed E-state index contributed by atoms with van der Waals surface area (Å²) in [6, 6.07) is 18.2. The molecule has 0 unspecified atom stereocenters. The molecule has 1 heterocycles. The van der Waals surface area contributed by atoms with Crippen molar-refractivity contribution < 1.29 is 9.59 Å². The van der Waals surface area contributed by atoms with Crippen LogP contribution in [0.4, 0.5) is 5.69 Å². The second kappa shape index (κ2) is 8.07. The largest absolute Gasteiger partial charge is 0.348 e. The van der Waals surface area contributed by atoms with Crippen molar-refractivity contribution in [3.05, 3.63) is 95.3 Å². The number of anilines is 1. The highest BCUT2D eigenvalue weighted by atomic mass is 16.2. The van der Waals surface area contributed by atoms with Crippen molar-refractivity contribution in [1.82, 2.24) is 10.3 Å². The van der Waals surface area contributed by atoms with Gasteiger partial charge in [-0.3, -0.25) is 14.6 Å². The zero-order chi connectivity index (χ0) is 18.4. The predicted molar refractivity (Wildman–Crippen MR) is 101 cm³/mol. The minimum absolute atomic E-state index is 0.130. The van der Waals surface area contributed by atoms with E-state index in [9.17, 15) is 9.59 Å². The van der Waals surface area contributed by atoms with Crippen LogP contribution in [0.25, 0.3) is 0 Å². The van der Waals surface area contributed by atoms with Crippen LogP contribution in [0.15, 0.2) is 73.1 Å². The molecular weight excluding hydrogens is 326 g/mol. The van der Waals surface area contributed by atoms with Crippen LogP contribution in [-0.4, -0.2) is 16.8 Å². The number of rotatable bonds is 5. The third-order valence-electron chi connectivity index (χ3n) is 3.88. The second-order valence-electron chi connectivity index (χ2n) is 5.94. The molecule has 0 aliphatic rings. The van der Waals surface area contributed by atoms with Gasteiger partial charge in [0.05, 0.1) is 5.56 Å². The zero-order valence-electron chi connectivity index (χ0n) is 14.4. The van der Waals surface area contributed by atoms with Crippen molar-refractivity contribution in [1.29, 1.82) is 0 Å². The van der Waals surface area contributed by atoms with Gasteiger partial charge in [0.15, 0.2) is 0 Å². The Hall–Kier alpha value is -3.47. The molecule has 3 rings (SSSR count). The lowest BCUT2D eigenvalue weighted by Crippen LogP contribution is -2.22. The van der Waals surface area contributed by atoms with Gasteiger partial charge in [0.2, 0.25) is 0 Å². The van der Waals surface area contributed by atoms with E-state index in [4.69, 9.17) is 0 Å². The van der Waals surface area contributed by atoms with Gasteiger partial charge in [-0.15, -0.1) is 0 Å². The molecule has 2 aromatic carbocycles. The fraction of sp³-hybridized carbons (Fsp3) is 0.0952. The van der Waals surface area contributed by atoms with Gasteiger partial charge in [-0.25, -0.2) is 0 Å². The first-order valence-electron chi connectivity index (χ1n) is 8.27. The number of benzene rings is 2. The van der Waals surface area contributed by atoms with Crippen molar-refractivity contribution in [2.75, 3.05) is 5.32 Å². The SMILES string of the molecule is Cc1ccc(C(=O)NCc2cccc(NC(=O)c3cccnc3)c2)cc1. The fourth-order valence-electron chi connectivity index (χ4n) is 2.45. The fourth-order valence-corrected chi connectivity index (χ4v) is 2.45. The van der Waals surface area contributed by atoms with Crippen LogP contribution >= 0.6 is 0 Å². The summed E-state index contributed by atoms with van der Waals surface area (Å²) >= 11 is 0. The van der Waals surface area contributed by atoms with Crippen molar-refractivity contribution in [2.45, 2.75) is 13.5 Å². The Balaban J connectivity index is 1.61. The topological polar surface area (TPSA) is 71.1 Å². The van der Waals surface area contributed by atoms with Gasteiger partial charge in [0.25, 0.3) is 11.8 Å². The van der Waals surface area contributed by atoms with E-state index in [2.05, 4.69) is 15.6 Å². The van der Waals surface area contributed by atoms with Gasteiger partial charge >= 0.3 is 0 Å². The molecule has 3 aromatic rings. The highest BCUT2D eigenvalue weighted by Crippen LogP contribution is 2.12. The van der Waals surface area contributed by atoms with E-state index in [1.165, 1.54) is 6.20 Å². The van der Waals surface area contributed by atoms with Gasteiger partial charge in [-0.1, -0.05) is 29.8 Å². The quantitative estimate of drug-likeness (QED) is 0.742. The molecule has 0 aliphatic carbocycles. The van der Waals surface area contributed by atoms with Crippen molar-refractivity contribution in [3.63, 3.8) is 0 Å². The van der Waals surface area contributed by atoms with E-state index >= 15 is 0 Å². The monoisotopic (exact) mass is 345 g/mol. The van der Waals surface area contributed by atoms with Crippen molar-refractivity contribution >= 4 is 17.5 Å². The van der Waals surface area contributed by atoms with E-state index in [0.717, 1.165) is 11.1 Å². The molecule has 0 bridgehead atoms. The molecule has 0 radical (unpaired) electrons. The first kappa shape index (κ1) is 17.4. The van der Waals surface area contributed by atoms with Crippen LogP contribution in [0, 0.1) is 6.92 Å². The summed E-state index contributed by atoms with van der Waals surface area (Å²) < 4.78 is 0. The number of aryl methyl sites for hydroxylation is 1. The summed E-state index contributed by atoms with van der Waals surface area (Å²) in [6.45, 7) is 2.36. The standard InChI is InChI=1S/C21H19N3O2/c1-15-7-9-17(10-8-15)20(25)23-13-16-4-2-6-19(12-16)24-21(26)18-5-3-11-22-14-18/h2-12,14H,13H2,1H3,(H,23,25)(H,24,26). The number of hydrogen-bond acceptors (Lipinski definition) is 3. The first-order chi connectivity index (χ1) is 12.6. The maximum atomic E-state index is 12.2. The van der Waals surface area contributed by atoms with Crippen LogP contribution in [0.5, 0.6) is 0 Å². The predicted octanol–water partition coefficient (Wildman–Crippen LogP) is 3.57. The van der Waals surface area contributed by atoms with Crippen LogP contribution in [0.1, 0.15) is 31.8 Å². The normalized spacial score (nSPS) is 10.2. The maximum absolute atomic E-state index is 12.2. The molecule has 2 amide bonds. The van der Waals surface area contributed by atoms with Gasteiger partial charge in [-0.05, 0) is 48.9 Å². The Kier molecular flexibility index (Phi) is 5.39. The molecule has 5 heteroatoms. The minimum atomic E-state index is -0.223. The smallest absolute Gasteiger partial charge is 0.257 e. The average Bonchev–Trinajstić information content (AvgIpc) is 2.67. The molecule has 0 aliphatic heterocycles. The highest BCUT2D eigenvalue weighted by molar-refractivity contribution is 6.04. The van der Waals surface area contributed by atoms with E-state index < -0.39 is 0 Å². The number of amides is 2. The Labute approximate surface area is 152 Å². The molecule has 26 heavy (non-hydrogen) atoms. The number of carbonyl (C=O) groups is 2. The zero-order valence-corrected chi connectivity index (χ0v) is 14.4. The van der Waals surface area contributed by atoms with Crippen LogP contribution < -0.4 is 10.6 Å². The van der Waals surface area contributed by atoms with Crippen molar-refractivity contribution in [2.24, 2.45) is 0 Å². The minimum Gasteiger partial charge on any atom is -0.348 e. The van der Waals surface area contributed by atoms with Gasteiger partial charge in [0, 0.05) is 30.2 Å². The summed E-state index contributed by atoms with van der Waals surface area (Å²) in [5.41, 5.74) is 3.79. The van der Waals surface area contributed by atoms with Crippen LogP contribution in [-0.2, 0) is 6.54 Å². The lowest BCUT2D eigenvalue weighted by atomic mass is 10.1. The molecular formula is C21H19N3O2. The number of nitrogens with zero attached hydrogens (tertiary/aromatic N) is 1. The highest BCUT2D eigenvalue weighted by Gasteiger charge is 2.07. The van der Waals surface area contributed by atoms with E-state index in [0.29, 0.717) is 23.4 Å². The summed E-state index contributed by atoms with van der Waals surface area (Å²) in [6.07, 6.45) is 3.13. The molecule has 0 saturated heterocycles. The Bertz CT molecular complexity index is 906. The van der Waals surface area contributed by atoms with Gasteiger partial charge < -0.3 is 10.6 Å². The average molecular weight is 345 g/mol. The summed E-state index contributed by atoms with van der Waals surface area (Å²) in [4.78, 5) is 28.3. The van der Waals surface area contributed by atoms with Crippen molar-refractivity contribution in [3.8, 4) is 0 Å². The number of aromatic nitrogens is 1. The lowest BCUT2D eigenvalue weighted by molar-refractivity contribution is 0.0950. The molecule has 2 N–H and O–H groups in total. The van der Waals surface area contributed by atoms with Crippen LogP contribution in [0.2, 0.25) is 0 Å². The molecule has 0 fully saturated rings.